The van der Waals surface area contributed by atoms with Crippen LogP contribution in [-0.4, -0.2) is 65.8 Å². The normalized spacial score (nSPS) is 13.9. The van der Waals surface area contributed by atoms with Crippen molar-refractivity contribution < 1.29 is 18.8 Å². The van der Waals surface area contributed by atoms with Gasteiger partial charge in [0.05, 0.1) is 7.11 Å². The molecule has 0 aliphatic carbocycles. The highest BCUT2D eigenvalue weighted by molar-refractivity contribution is 5.78. The Morgan fingerprint density at radius 2 is 1.80 bits per heavy atom. The number of carbonyl (C=O) groups excluding carboxylic acids is 1. The van der Waals surface area contributed by atoms with Gasteiger partial charge in [-0.1, -0.05) is 5.16 Å². The summed E-state index contributed by atoms with van der Waals surface area (Å²) < 4.78 is 15.7. The average molecular weight is 409 g/mol. The van der Waals surface area contributed by atoms with E-state index in [-0.39, 0.29) is 12.5 Å². The number of amides is 1. The van der Waals surface area contributed by atoms with Crippen molar-refractivity contribution in [3.63, 3.8) is 0 Å². The molecular formula is C21H23N5O4. The number of pyridine rings is 1. The monoisotopic (exact) mass is 409 g/mol. The number of nitrogens with zero attached hydrogens (tertiary/aromatic N) is 5. The zero-order valence-electron chi connectivity index (χ0n) is 16.9. The summed E-state index contributed by atoms with van der Waals surface area (Å²) in [5.74, 6) is 3.27. The highest BCUT2D eigenvalue weighted by Crippen LogP contribution is 2.20. The number of hydrogen-bond donors (Lipinski definition) is 0. The predicted molar refractivity (Wildman–Crippen MR) is 110 cm³/mol. The number of piperazine rings is 1. The van der Waals surface area contributed by atoms with Crippen molar-refractivity contribution >= 4 is 11.7 Å². The number of anilines is 1. The van der Waals surface area contributed by atoms with Crippen molar-refractivity contribution in [2.75, 3.05) is 44.8 Å². The maximum atomic E-state index is 12.5. The largest absolute Gasteiger partial charge is 0.497 e. The smallest absolute Gasteiger partial charge is 0.260 e. The van der Waals surface area contributed by atoms with Crippen LogP contribution in [0.15, 0.2) is 47.1 Å². The van der Waals surface area contributed by atoms with Crippen molar-refractivity contribution in [1.82, 2.24) is 20.0 Å². The Kier molecular flexibility index (Phi) is 5.78. The molecule has 0 radical (unpaired) electrons. The lowest BCUT2D eigenvalue weighted by molar-refractivity contribution is -0.133. The summed E-state index contributed by atoms with van der Waals surface area (Å²) in [6.07, 6.45) is 1.74. The van der Waals surface area contributed by atoms with Crippen LogP contribution in [0.4, 0.5) is 5.82 Å². The zero-order valence-corrected chi connectivity index (χ0v) is 16.9. The molecule has 1 aromatic carbocycles. The molecule has 1 amide bonds. The molecule has 1 fully saturated rings. The number of aromatic nitrogens is 3. The summed E-state index contributed by atoms with van der Waals surface area (Å²) in [5, 5.41) is 3.90. The number of rotatable bonds is 6. The quantitative estimate of drug-likeness (QED) is 0.612. The van der Waals surface area contributed by atoms with E-state index >= 15 is 0 Å². The van der Waals surface area contributed by atoms with Gasteiger partial charge >= 0.3 is 0 Å². The summed E-state index contributed by atoms with van der Waals surface area (Å²) in [7, 11) is 1.61. The molecule has 3 heterocycles. The van der Waals surface area contributed by atoms with Crippen LogP contribution in [0.2, 0.25) is 0 Å². The molecule has 1 aliphatic heterocycles. The van der Waals surface area contributed by atoms with Gasteiger partial charge < -0.3 is 23.8 Å². The van der Waals surface area contributed by atoms with E-state index in [4.69, 9.17) is 14.0 Å². The number of aryl methyl sites for hydroxylation is 1. The third-order valence-corrected chi connectivity index (χ3v) is 4.91. The van der Waals surface area contributed by atoms with Gasteiger partial charge in [0.15, 0.2) is 6.61 Å². The lowest BCUT2D eigenvalue weighted by Crippen LogP contribution is -2.50. The van der Waals surface area contributed by atoms with E-state index < -0.39 is 0 Å². The topological polar surface area (TPSA) is 93.8 Å². The van der Waals surface area contributed by atoms with Crippen LogP contribution in [-0.2, 0) is 4.79 Å². The Labute approximate surface area is 174 Å². The molecule has 0 bridgehead atoms. The van der Waals surface area contributed by atoms with Crippen LogP contribution in [0.1, 0.15) is 5.89 Å². The average Bonchev–Trinajstić information content (AvgIpc) is 3.24. The molecule has 0 N–H and O–H groups in total. The minimum Gasteiger partial charge on any atom is -0.497 e. The highest BCUT2D eigenvalue weighted by atomic mass is 16.5. The Morgan fingerprint density at radius 3 is 2.40 bits per heavy atom. The second-order valence-corrected chi connectivity index (χ2v) is 6.87. The van der Waals surface area contributed by atoms with Crippen molar-refractivity contribution in [2.45, 2.75) is 6.92 Å². The van der Waals surface area contributed by atoms with E-state index in [1.807, 2.05) is 17.0 Å². The number of benzene rings is 1. The Bertz CT molecular complexity index is 979. The zero-order chi connectivity index (χ0) is 20.9. The molecule has 9 heteroatoms. The van der Waals surface area contributed by atoms with Gasteiger partial charge in [0.1, 0.15) is 17.3 Å². The maximum absolute atomic E-state index is 12.5. The summed E-state index contributed by atoms with van der Waals surface area (Å²) in [4.78, 5) is 25.1. The Hall–Kier alpha value is -3.62. The van der Waals surface area contributed by atoms with Gasteiger partial charge in [0.2, 0.25) is 11.7 Å². The van der Waals surface area contributed by atoms with E-state index in [9.17, 15) is 4.79 Å². The van der Waals surface area contributed by atoms with Crippen molar-refractivity contribution in [3.8, 4) is 22.9 Å². The Morgan fingerprint density at radius 1 is 1.07 bits per heavy atom. The molecule has 1 saturated heterocycles. The fraction of sp³-hybridized carbons (Fsp3) is 0.333. The molecule has 3 aromatic rings. The summed E-state index contributed by atoms with van der Waals surface area (Å²) in [5.41, 5.74) is 0.806. The number of carbonyl (C=O) groups is 1. The van der Waals surface area contributed by atoms with Gasteiger partial charge in [-0.2, -0.15) is 4.98 Å². The minimum absolute atomic E-state index is 0.0173. The fourth-order valence-corrected chi connectivity index (χ4v) is 3.22. The summed E-state index contributed by atoms with van der Waals surface area (Å²) >= 11 is 0. The van der Waals surface area contributed by atoms with Gasteiger partial charge in [-0.25, -0.2) is 4.98 Å². The number of hydrogen-bond acceptors (Lipinski definition) is 8. The van der Waals surface area contributed by atoms with Crippen LogP contribution in [0, 0.1) is 6.92 Å². The standard InChI is InChI=1S/C21H23N5O4/c1-15-23-21(24-30-15)16-3-8-19(22-13-16)25-9-11-26(12-10-25)20(27)14-29-18-6-4-17(28-2)5-7-18/h3-8,13H,9-12,14H2,1-2H3. The molecule has 0 unspecified atom stereocenters. The van der Waals surface area contributed by atoms with Crippen molar-refractivity contribution in [2.24, 2.45) is 0 Å². The lowest BCUT2D eigenvalue weighted by atomic mass is 10.2. The first-order valence-electron chi connectivity index (χ1n) is 9.69. The first kappa shape index (κ1) is 19.7. The SMILES string of the molecule is COc1ccc(OCC(=O)N2CCN(c3ccc(-c4noc(C)n4)cn3)CC2)cc1. The molecule has 2 aromatic heterocycles. The fourth-order valence-electron chi connectivity index (χ4n) is 3.22. The third kappa shape index (κ3) is 4.51. The molecule has 0 saturated carbocycles. The van der Waals surface area contributed by atoms with Crippen molar-refractivity contribution in [1.29, 1.82) is 0 Å². The molecule has 4 rings (SSSR count). The van der Waals surface area contributed by atoms with E-state index in [2.05, 4.69) is 20.0 Å². The molecule has 30 heavy (non-hydrogen) atoms. The first-order chi connectivity index (χ1) is 14.6. The van der Waals surface area contributed by atoms with Crippen LogP contribution in [0.3, 0.4) is 0 Å². The summed E-state index contributed by atoms with van der Waals surface area (Å²) in [6, 6.07) is 11.0. The van der Waals surface area contributed by atoms with E-state index in [0.717, 1.165) is 17.1 Å². The van der Waals surface area contributed by atoms with Gasteiger partial charge in [-0.15, -0.1) is 0 Å². The second-order valence-electron chi connectivity index (χ2n) is 6.87. The maximum Gasteiger partial charge on any atom is 0.260 e. The van der Waals surface area contributed by atoms with Crippen LogP contribution < -0.4 is 14.4 Å². The van der Waals surface area contributed by atoms with Crippen LogP contribution >= 0.6 is 0 Å². The predicted octanol–water partition coefficient (Wildman–Crippen LogP) is 2.18. The third-order valence-electron chi connectivity index (χ3n) is 4.91. The van der Waals surface area contributed by atoms with Gasteiger partial charge in [-0.05, 0) is 36.4 Å². The molecule has 0 spiro atoms. The Balaban J connectivity index is 1.27. The van der Waals surface area contributed by atoms with Crippen LogP contribution in [0.5, 0.6) is 11.5 Å². The first-order valence-corrected chi connectivity index (χ1v) is 9.69. The molecule has 9 nitrogen and oxygen atoms in total. The highest BCUT2D eigenvalue weighted by Gasteiger charge is 2.22. The van der Waals surface area contributed by atoms with Gasteiger partial charge in [0.25, 0.3) is 5.91 Å². The van der Waals surface area contributed by atoms with E-state index in [0.29, 0.717) is 43.6 Å². The summed E-state index contributed by atoms with van der Waals surface area (Å²) in [6.45, 7) is 4.44. The number of methoxy groups -OCH3 is 1. The van der Waals surface area contributed by atoms with E-state index in [1.54, 1.807) is 44.5 Å². The molecule has 0 atom stereocenters. The molecular weight excluding hydrogens is 386 g/mol. The number of ether oxygens (including phenoxy) is 2. The molecule has 1 aliphatic rings. The van der Waals surface area contributed by atoms with Gasteiger partial charge in [-0.3, -0.25) is 4.79 Å². The lowest BCUT2D eigenvalue weighted by Gasteiger charge is -2.35. The second kappa shape index (κ2) is 8.81. The van der Waals surface area contributed by atoms with Crippen LogP contribution in [0.25, 0.3) is 11.4 Å². The molecule has 156 valence electrons. The minimum atomic E-state index is -0.0266. The van der Waals surface area contributed by atoms with Gasteiger partial charge in [0, 0.05) is 44.9 Å². The van der Waals surface area contributed by atoms with E-state index in [1.165, 1.54) is 0 Å². The van der Waals surface area contributed by atoms with Crippen molar-refractivity contribution in [3.05, 3.63) is 48.5 Å².